The number of hydrogen-bond acceptors (Lipinski definition) is 7. The van der Waals surface area contributed by atoms with Crippen molar-refractivity contribution in [2.45, 2.75) is 51.3 Å². The van der Waals surface area contributed by atoms with E-state index in [1.165, 1.54) is 21.0 Å². The van der Waals surface area contributed by atoms with Gasteiger partial charge in [0, 0.05) is 21.0 Å². The van der Waals surface area contributed by atoms with Crippen LogP contribution in [0.1, 0.15) is 20.8 Å². The van der Waals surface area contributed by atoms with E-state index in [4.69, 9.17) is 18.9 Å². The lowest BCUT2D eigenvalue weighted by molar-refractivity contribution is -0.246. The minimum Gasteiger partial charge on any atom is -0.456 e. The highest BCUT2D eigenvalue weighted by atomic mass is 16.6. The summed E-state index contributed by atoms with van der Waals surface area (Å²) >= 11 is 0. The summed E-state index contributed by atoms with van der Waals surface area (Å²) in [7, 11) is 1.41. The van der Waals surface area contributed by atoms with E-state index in [0.29, 0.717) is 0 Å². The highest BCUT2D eigenvalue weighted by Gasteiger charge is 2.48. The highest BCUT2D eigenvalue weighted by Crippen LogP contribution is 2.27. The third-order valence-corrected chi connectivity index (χ3v) is 2.92. The molecule has 1 aliphatic rings. The number of esters is 2. The van der Waals surface area contributed by atoms with Gasteiger partial charge in [-0.2, -0.15) is 0 Å². The van der Waals surface area contributed by atoms with Crippen molar-refractivity contribution in [1.29, 1.82) is 0 Å². The third kappa shape index (κ3) is 3.89. The van der Waals surface area contributed by atoms with Crippen molar-refractivity contribution in [3.05, 3.63) is 0 Å². The van der Waals surface area contributed by atoms with Gasteiger partial charge in [0.2, 0.25) is 0 Å². The van der Waals surface area contributed by atoms with Gasteiger partial charge in [0.25, 0.3) is 0 Å². The Morgan fingerprint density at radius 3 is 2.05 bits per heavy atom. The van der Waals surface area contributed by atoms with Gasteiger partial charge in [0.1, 0.15) is 12.2 Å². The quantitative estimate of drug-likeness (QED) is 0.701. The molecule has 0 aromatic rings. The predicted octanol–water partition coefficient (Wildman–Crippen LogP) is -0.356. The van der Waals surface area contributed by atoms with Gasteiger partial charge in [-0.1, -0.05) is 0 Å². The monoisotopic (exact) mass is 276 g/mol. The normalized spacial score (nSPS) is 34.7. The van der Waals surface area contributed by atoms with Crippen LogP contribution in [0.15, 0.2) is 0 Å². The molecular formula is C12H20O7. The van der Waals surface area contributed by atoms with Gasteiger partial charge in [-0.25, -0.2) is 0 Å². The number of aliphatic hydroxyl groups excluding tert-OH is 1. The fourth-order valence-electron chi connectivity index (χ4n) is 2.21. The zero-order valence-corrected chi connectivity index (χ0v) is 11.5. The molecule has 110 valence electrons. The van der Waals surface area contributed by atoms with Crippen LogP contribution in [0.25, 0.3) is 0 Å². The van der Waals surface area contributed by atoms with Crippen LogP contribution >= 0.6 is 0 Å². The van der Waals surface area contributed by atoms with E-state index in [0.717, 1.165) is 0 Å². The Bertz CT molecular complexity index is 330. The summed E-state index contributed by atoms with van der Waals surface area (Å²) in [5, 5.41) is 9.28. The lowest BCUT2D eigenvalue weighted by atomic mass is 9.95. The van der Waals surface area contributed by atoms with Crippen LogP contribution in [0.5, 0.6) is 0 Å². The molecule has 1 aliphatic heterocycles. The van der Waals surface area contributed by atoms with Crippen LogP contribution in [-0.2, 0) is 28.5 Å². The Balaban J connectivity index is 2.97. The van der Waals surface area contributed by atoms with E-state index in [2.05, 4.69) is 0 Å². The molecule has 19 heavy (non-hydrogen) atoms. The zero-order chi connectivity index (χ0) is 14.6. The molecule has 1 saturated heterocycles. The summed E-state index contributed by atoms with van der Waals surface area (Å²) in [6, 6.07) is 0. The molecule has 1 fully saturated rings. The fraction of sp³-hybridized carbons (Fsp3) is 0.833. The molecule has 0 aromatic heterocycles. The number of ether oxygens (including phenoxy) is 4. The molecule has 0 aromatic carbocycles. The largest absolute Gasteiger partial charge is 0.456 e. The molecule has 0 spiro atoms. The Kier molecular flexibility index (Phi) is 5.71. The van der Waals surface area contributed by atoms with Crippen LogP contribution in [-0.4, -0.2) is 61.3 Å². The Morgan fingerprint density at radius 2 is 1.63 bits per heavy atom. The maximum atomic E-state index is 11.2. The number of carbonyl (C=O) groups is 2. The number of hydrogen-bond donors (Lipinski definition) is 1. The average molecular weight is 276 g/mol. The molecule has 0 saturated carbocycles. The first-order valence-electron chi connectivity index (χ1n) is 6.04. The second kappa shape index (κ2) is 6.83. The topological polar surface area (TPSA) is 91.3 Å². The highest BCUT2D eigenvalue weighted by molar-refractivity contribution is 5.67. The first-order chi connectivity index (χ1) is 8.90. The lowest BCUT2D eigenvalue weighted by Crippen LogP contribution is -2.60. The van der Waals surface area contributed by atoms with Crippen molar-refractivity contribution < 1.29 is 33.6 Å². The maximum absolute atomic E-state index is 11.2. The molecule has 7 nitrogen and oxygen atoms in total. The van der Waals surface area contributed by atoms with Gasteiger partial charge in [0.15, 0.2) is 12.2 Å². The second-order valence-corrected chi connectivity index (χ2v) is 4.41. The number of carbonyl (C=O) groups excluding carboxylic acids is 2. The van der Waals surface area contributed by atoms with Crippen molar-refractivity contribution in [1.82, 2.24) is 0 Å². The maximum Gasteiger partial charge on any atom is 0.303 e. The zero-order valence-electron chi connectivity index (χ0n) is 11.5. The van der Waals surface area contributed by atoms with Crippen molar-refractivity contribution in [2.24, 2.45) is 0 Å². The first kappa shape index (κ1) is 15.9. The number of methoxy groups -OCH3 is 1. The minimum absolute atomic E-state index is 0.284. The molecule has 0 bridgehead atoms. The molecular weight excluding hydrogens is 256 g/mol. The fourth-order valence-corrected chi connectivity index (χ4v) is 2.21. The van der Waals surface area contributed by atoms with Crippen molar-refractivity contribution >= 4 is 11.9 Å². The number of rotatable bonds is 4. The van der Waals surface area contributed by atoms with Gasteiger partial charge < -0.3 is 24.1 Å². The van der Waals surface area contributed by atoms with Gasteiger partial charge in [-0.3, -0.25) is 9.59 Å². The predicted molar refractivity (Wildman–Crippen MR) is 63.3 cm³/mol. The van der Waals surface area contributed by atoms with E-state index in [1.807, 2.05) is 0 Å². The van der Waals surface area contributed by atoms with Crippen molar-refractivity contribution in [3.63, 3.8) is 0 Å². The molecule has 0 unspecified atom stereocenters. The first-order valence-corrected chi connectivity index (χ1v) is 6.04. The third-order valence-electron chi connectivity index (χ3n) is 2.92. The average Bonchev–Trinajstić information content (AvgIpc) is 2.32. The SMILES string of the molecule is CO[C@H]1[C@H](OC(C)=O)[C@@H](OC(C)=O)[C@H](C)O[C@@H]1CO. The van der Waals surface area contributed by atoms with Gasteiger partial charge >= 0.3 is 11.9 Å². The smallest absolute Gasteiger partial charge is 0.303 e. The Labute approximate surface area is 111 Å². The van der Waals surface area contributed by atoms with Crippen LogP contribution < -0.4 is 0 Å². The summed E-state index contributed by atoms with van der Waals surface area (Å²) < 4.78 is 21.1. The molecule has 1 heterocycles. The Hall–Kier alpha value is -1.18. The Morgan fingerprint density at radius 1 is 1.11 bits per heavy atom. The lowest BCUT2D eigenvalue weighted by Gasteiger charge is -2.43. The summed E-state index contributed by atoms with van der Waals surface area (Å²) in [4.78, 5) is 22.3. The molecule has 0 aliphatic carbocycles. The second-order valence-electron chi connectivity index (χ2n) is 4.41. The summed E-state index contributed by atoms with van der Waals surface area (Å²) in [5.74, 6) is -1.02. The van der Waals surface area contributed by atoms with Crippen LogP contribution in [0, 0.1) is 0 Å². The van der Waals surface area contributed by atoms with E-state index < -0.39 is 42.5 Å². The van der Waals surface area contributed by atoms with Crippen LogP contribution in [0.2, 0.25) is 0 Å². The van der Waals surface area contributed by atoms with Gasteiger partial charge in [0.05, 0.1) is 12.7 Å². The summed E-state index contributed by atoms with van der Waals surface area (Å²) in [5.41, 5.74) is 0. The molecule has 7 heteroatoms. The molecule has 1 N–H and O–H groups in total. The molecule has 1 rings (SSSR count). The van der Waals surface area contributed by atoms with E-state index in [9.17, 15) is 14.7 Å². The summed E-state index contributed by atoms with van der Waals surface area (Å²) in [6.45, 7) is 3.91. The minimum atomic E-state index is -0.813. The van der Waals surface area contributed by atoms with Gasteiger partial charge in [-0.05, 0) is 6.92 Å². The standard InChI is InChI=1S/C12H20O7/c1-6-10(18-7(2)14)12(19-8(3)15)11(16-4)9(5-13)17-6/h6,9-13H,5H2,1-4H3/t6-,9+,10-,11+,12+/m0/s1. The molecule has 0 amide bonds. The number of aliphatic hydroxyl groups is 1. The van der Waals surface area contributed by atoms with Crippen LogP contribution in [0.4, 0.5) is 0 Å². The van der Waals surface area contributed by atoms with Crippen molar-refractivity contribution in [2.75, 3.05) is 13.7 Å². The molecule has 5 atom stereocenters. The van der Waals surface area contributed by atoms with E-state index >= 15 is 0 Å². The van der Waals surface area contributed by atoms with Gasteiger partial charge in [-0.15, -0.1) is 0 Å². The molecule has 0 radical (unpaired) electrons. The van der Waals surface area contributed by atoms with E-state index in [1.54, 1.807) is 6.92 Å². The van der Waals surface area contributed by atoms with E-state index in [-0.39, 0.29) is 6.61 Å². The van der Waals surface area contributed by atoms with Crippen LogP contribution in [0.3, 0.4) is 0 Å². The summed E-state index contributed by atoms with van der Waals surface area (Å²) in [6.07, 6.45) is -3.44. The van der Waals surface area contributed by atoms with Crippen molar-refractivity contribution in [3.8, 4) is 0 Å².